The van der Waals surface area contributed by atoms with Gasteiger partial charge in [0.1, 0.15) is 10.5 Å². The van der Waals surface area contributed by atoms with Crippen LogP contribution in [-0.2, 0) is 21.1 Å². The molecule has 112 valence electrons. The summed E-state index contributed by atoms with van der Waals surface area (Å²) in [5.74, 6) is 0. The molecule has 0 fully saturated rings. The van der Waals surface area contributed by atoms with E-state index in [0.29, 0.717) is 15.2 Å². The van der Waals surface area contributed by atoms with E-state index in [9.17, 15) is 0 Å². The molecule has 5 nitrogen and oxygen atoms in total. The fraction of sp³-hybridized carbons (Fsp3) is 0.667. The molecule has 1 heterocycles. The largest absolute Gasteiger partial charge is 0.370 e. The van der Waals surface area contributed by atoms with E-state index in [1.807, 2.05) is 63.1 Å². The Morgan fingerprint density at radius 1 is 1.00 bits per heavy atom. The number of hydrogen-bond acceptors (Lipinski definition) is 4. The van der Waals surface area contributed by atoms with Crippen LogP contribution in [0.5, 0.6) is 0 Å². The minimum absolute atomic E-state index is 0.516. The number of rotatable bonds is 2. The molecule has 0 aromatic carbocycles. The van der Waals surface area contributed by atoms with Crippen molar-refractivity contribution < 1.29 is 0 Å². The lowest BCUT2D eigenvalue weighted by molar-refractivity contribution is 0.507. The Balaban J connectivity index is 3.73. The second kappa shape index (κ2) is 5.87. The zero-order valence-corrected chi connectivity index (χ0v) is 15.4. The maximum Gasteiger partial charge on any atom is 0.209 e. The molecule has 20 heavy (non-hydrogen) atoms. The van der Waals surface area contributed by atoms with Crippen molar-refractivity contribution in [1.82, 2.24) is 18.6 Å². The van der Waals surface area contributed by atoms with E-state index in [1.165, 1.54) is 0 Å². The number of thiocarbonyl (C=S) groups is 1. The summed E-state index contributed by atoms with van der Waals surface area (Å²) < 4.78 is 6.70. The maximum absolute atomic E-state index is 5.45. The van der Waals surface area contributed by atoms with Crippen LogP contribution in [0.1, 0.15) is 13.8 Å². The Morgan fingerprint density at radius 2 is 1.40 bits per heavy atom. The Hall–Kier alpha value is -0.860. The van der Waals surface area contributed by atoms with Crippen LogP contribution in [0.15, 0.2) is 4.99 Å². The Labute approximate surface area is 135 Å². The number of nitrogens with zero attached hydrogens (tertiary/aromatic N) is 5. The summed E-state index contributed by atoms with van der Waals surface area (Å²) in [5.41, 5.74) is 0.185. The SMILES string of the molecule is CN(C)C(=S)C(C)(C)N=c1n(C)c(=S)n(C)c(=S)n1C. The Kier molecular flexibility index (Phi) is 5.04. The highest BCUT2D eigenvalue weighted by molar-refractivity contribution is 7.80. The minimum atomic E-state index is -0.516. The van der Waals surface area contributed by atoms with Gasteiger partial charge < -0.3 is 4.90 Å². The van der Waals surface area contributed by atoms with Crippen LogP contribution >= 0.6 is 36.7 Å². The lowest BCUT2D eigenvalue weighted by Gasteiger charge is -2.27. The minimum Gasteiger partial charge on any atom is -0.370 e. The summed E-state index contributed by atoms with van der Waals surface area (Å²) in [6.07, 6.45) is 0. The zero-order valence-electron chi connectivity index (χ0n) is 13.0. The van der Waals surface area contributed by atoms with Crippen LogP contribution in [0.3, 0.4) is 0 Å². The molecule has 0 radical (unpaired) electrons. The lowest BCUT2D eigenvalue weighted by atomic mass is 10.1. The summed E-state index contributed by atoms with van der Waals surface area (Å²) in [6.45, 7) is 3.96. The molecular formula is C12H21N5S3. The smallest absolute Gasteiger partial charge is 0.209 e. The van der Waals surface area contributed by atoms with E-state index < -0.39 is 5.54 Å². The molecule has 0 atom stereocenters. The average molecular weight is 332 g/mol. The maximum atomic E-state index is 5.45. The van der Waals surface area contributed by atoms with Crippen molar-refractivity contribution in [3.05, 3.63) is 15.2 Å². The van der Waals surface area contributed by atoms with Crippen molar-refractivity contribution in [3.63, 3.8) is 0 Å². The molecule has 0 unspecified atom stereocenters. The van der Waals surface area contributed by atoms with Gasteiger partial charge in [0, 0.05) is 35.2 Å². The van der Waals surface area contributed by atoms with E-state index in [4.69, 9.17) is 41.6 Å². The Bertz CT molecular complexity index is 678. The van der Waals surface area contributed by atoms with Gasteiger partial charge in [0.2, 0.25) is 5.62 Å². The van der Waals surface area contributed by atoms with Crippen LogP contribution in [0.4, 0.5) is 0 Å². The van der Waals surface area contributed by atoms with Crippen molar-refractivity contribution in [2.45, 2.75) is 19.4 Å². The van der Waals surface area contributed by atoms with Crippen LogP contribution in [0.25, 0.3) is 0 Å². The van der Waals surface area contributed by atoms with Crippen molar-refractivity contribution >= 4 is 41.6 Å². The molecule has 0 aliphatic carbocycles. The predicted octanol–water partition coefficient (Wildman–Crippen LogP) is 1.73. The first kappa shape index (κ1) is 17.2. The highest BCUT2D eigenvalue weighted by Crippen LogP contribution is 2.12. The fourth-order valence-corrected chi connectivity index (χ4v) is 2.36. The summed E-state index contributed by atoms with van der Waals surface area (Å²) in [5, 5.41) is 0. The highest BCUT2D eigenvalue weighted by Gasteiger charge is 2.24. The summed E-state index contributed by atoms with van der Waals surface area (Å²) in [6, 6.07) is 0. The molecule has 0 spiro atoms. The third kappa shape index (κ3) is 3.07. The van der Waals surface area contributed by atoms with Crippen LogP contribution < -0.4 is 5.62 Å². The van der Waals surface area contributed by atoms with Crippen molar-refractivity contribution in [2.75, 3.05) is 14.1 Å². The van der Waals surface area contributed by atoms with Gasteiger partial charge in [-0.05, 0) is 38.3 Å². The molecule has 8 heteroatoms. The molecule has 0 saturated carbocycles. The van der Waals surface area contributed by atoms with E-state index in [0.717, 1.165) is 4.99 Å². The van der Waals surface area contributed by atoms with Gasteiger partial charge in [-0.25, -0.2) is 4.99 Å². The zero-order chi connectivity index (χ0) is 15.8. The van der Waals surface area contributed by atoms with Gasteiger partial charge in [-0.1, -0.05) is 12.2 Å². The normalized spacial score (nSPS) is 11.3. The second-order valence-electron chi connectivity index (χ2n) is 5.41. The Morgan fingerprint density at radius 3 is 1.75 bits per heavy atom. The molecule has 1 aromatic rings. The van der Waals surface area contributed by atoms with Crippen LogP contribution in [-0.4, -0.2) is 43.2 Å². The number of hydrogen-bond donors (Lipinski definition) is 0. The summed E-state index contributed by atoms with van der Waals surface area (Å²) >= 11 is 16.2. The van der Waals surface area contributed by atoms with Gasteiger partial charge in [-0.2, -0.15) is 0 Å². The topological polar surface area (TPSA) is 30.4 Å². The summed E-state index contributed by atoms with van der Waals surface area (Å²) in [4.78, 5) is 7.42. The predicted molar refractivity (Wildman–Crippen MR) is 91.0 cm³/mol. The van der Waals surface area contributed by atoms with Crippen molar-refractivity contribution in [2.24, 2.45) is 26.1 Å². The molecule has 1 rings (SSSR count). The number of likely N-dealkylation sites (N-methyl/N-ethyl adjacent to an activating group) is 1. The second-order valence-corrected chi connectivity index (χ2v) is 6.53. The molecular weight excluding hydrogens is 310 g/mol. The average Bonchev–Trinajstić information content (AvgIpc) is 2.38. The molecule has 0 aliphatic rings. The van der Waals surface area contributed by atoms with E-state index in [2.05, 4.69) is 0 Å². The third-order valence-corrected chi connectivity index (χ3v) is 5.02. The molecule has 0 N–H and O–H groups in total. The molecule has 0 bridgehead atoms. The number of aromatic nitrogens is 3. The van der Waals surface area contributed by atoms with E-state index in [1.54, 1.807) is 4.57 Å². The fourth-order valence-electron chi connectivity index (χ4n) is 1.92. The van der Waals surface area contributed by atoms with Crippen LogP contribution in [0, 0.1) is 9.54 Å². The van der Waals surface area contributed by atoms with Gasteiger partial charge in [0.25, 0.3) is 0 Å². The highest BCUT2D eigenvalue weighted by atomic mass is 32.1. The van der Waals surface area contributed by atoms with Crippen molar-refractivity contribution in [1.29, 1.82) is 0 Å². The molecule has 1 aromatic heterocycles. The van der Waals surface area contributed by atoms with Gasteiger partial charge >= 0.3 is 0 Å². The standard InChI is InChI=1S/C12H21N5S3/c1-12(2,8(18)14(3)4)13-9-15(5)10(19)17(7)11(20)16(9)6/h1-7H3. The molecule has 0 amide bonds. The van der Waals surface area contributed by atoms with Gasteiger partial charge in [-0.3, -0.25) is 13.7 Å². The summed E-state index contributed by atoms with van der Waals surface area (Å²) in [7, 11) is 9.45. The lowest BCUT2D eigenvalue weighted by Crippen LogP contribution is -2.43. The molecule has 0 saturated heterocycles. The van der Waals surface area contributed by atoms with Gasteiger partial charge in [0.05, 0.1) is 0 Å². The molecule has 0 aliphatic heterocycles. The quantitative estimate of drug-likeness (QED) is 0.772. The first-order valence-electron chi connectivity index (χ1n) is 6.11. The van der Waals surface area contributed by atoms with Crippen molar-refractivity contribution in [3.8, 4) is 0 Å². The van der Waals surface area contributed by atoms with Crippen LogP contribution in [0.2, 0.25) is 0 Å². The third-order valence-electron chi connectivity index (χ3n) is 3.06. The first-order chi connectivity index (χ1) is 9.00. The van der Waals surface area contributed by atoms with Gasteiger partial charge in [0.15, 0.2) is 9.54 Å². The van der Waals surface area contributed by atoms with Gasteiger partial charge in [-0.15, -0.1) is 0 Å². The first-order valence-corrected chi connectivity index (χ1v) is 7.34. The van der Waals surface area contributed by atoms with E-state index >= 15 is 0 Å². The van der Waals surface area contributed by atoms with E-state index in [-0.39, 0.29) is 0 Å². The monoisotopic (exact) mass is 331 g/mol.